The first-order valence-corrected chi connectivity index (χ1v) is 14.2. The summed E-state index contributed by atoms with van der Waals surface area (Å²) in [5.74, 6) is 1.42. The molecule has 4 heterocycles. The summed E-state index contributed by atoms with van der Waals surface area (Å²) >= 11 is 0. The van der Waals surface area contributed by atoms with Crippen molar-refractivity contribution in [3.05, 3.63) is 47.3 Å². The Labute approximate surface area is 230 Å². The number of benzene rings is 1. The van der Waals surface area contributed by atoms with Gasteiger partial charge in [-0.25, -0.2) is 9.97 Å². The molecule has 0 radical (unpaired) electrons. The Morgan fingerprint density at radius 3 is 2.49 bits per heavy atom. The van der Waals surface area contributed by atoms with Gasteiger partial charge >= 0.3 is 6.01 Å². The second-order valence-electron chi connectivity index (χ2n) is 10.8. The molecule has 2 saturated heterocycles. The summed E-state index contributed by atoms with van der Waals surface area (Å²) < 4.78 is 5.66. The van der Waals surface area contributed by atoms with E-state index in [9.17, 15) is 4.79 Å². The van der Waals surface area contributed by atoms with Gasteiger partial charge in [-0.1, -0.05) is 29.7 Å². The van der Waals surface area contributed by atoms with Crippen LogP contribution in [-0.4, -0.2) is 86.7 Å². The maximum Gasteiger partial charge on any atom is 0.315 e. The van der Waals surface area contributed by atoms with Crippen LogP contribution in [0.1, 0.15) is 61.6 Å². The number of piperidine rings is 1. The van der Waals surface area contributed by atoms with E-state index in [1.807, 2.05) is 49.9 Å². The zero-order valence-corrected chi connectivity index (χ0v) is 23.7. The summed E-state index contributed by atoms with van der Waals surface area (Å²) in [7, 11) is 0. The third-order valence-electron chi connectivity index (χ3n) is 8.04. The minimum absolute atomic E-state index is 0.148. The molecule has 2 aliphatic heterocycles. The second-order valence-corrected chi connectivity index (χ2v) is 10.8. The van der Waals surface area contributed by atoms with Crippen LogP contribution in [0.2, 0.25) is 0 Å². The van der Waals surface area contributed by atoms with E-state index in [1.54, 1.807) is 6.20 Å². The van der Waals surface area contributed by atoms with Gasteiger partial charge in [0.15, 0.2) is 0 Å². The van der Waals surface area contributed by atoms with Crippen LogP contribution in [0.25, 0.3) is 11.6 Å². The number of nitrogens with one attached hydrogen (secondary N) is 1. The number of piperazine rings is 1. The smallest absolute Gasteiger partial charge is 0.315 e. The van der Waals surface area contributed by atoms with E-state index in [-0.39, 0.29) is 5.91 Å². The standard InChI is InChI=1S/C29H40N8O2/c1-6-23-18-36(26-21(5)32-25(16-31-26)27-33-34-29(39-27)30-7-2)20(4)17-37(23)24-12-14-35(15-13-24)28(38)22-10-8-19(3)9-11-22/h8-11,16,20,23-24H,6-7,12-15,17-18H2,1-5H3,(H,30,34)/t20-,23+/m1/s1. The molecule has 208 valence electrons. The van der Waals surface area contributed by atoms with Crippen LogP contribution in [0, 0.1) is 13.8 Å². The van der Waals surface area contributed by atoms with Gasteiger partial charge in [0, 0.05) is 56.4 Å². The maximum absolute atomic E-state index is 13.0. The number of hydrogen-bond donors (Lipinski definition) is 1. The van der Waals surface area contributed by atoms with Crippen LogP contribution < -0.4 is 10.2 Å². The van der Waals surface area contributed by atoms with E-state index in [1.165, 1.54) is 5.56 Å². The molecular weight excluding hydrogens is 492 g/mol. The van der Waals surface area contributed by atoms with Crippen LogP contribution in [0.4, 0.5) is 11.8 Å². The van der Waals surface area contributed by atoms with Gasteiger partial charge in [-0.2, -0.15) is 0 Å². The molecule has 39 heavy (non-hydrogen) atoms. The molecule has 2 aliphatic rings. The van der Waals surface area contributed by atoms with Crippen molar-refractivity contribution in [3.8, 4) is 11.6 Å². The predicted molar refractivity (Wildman–Crippen MR) is 152 cm³/mol. The molecule has 10 heteroatoms. The fraction of sp³-hybridized carbons (Fsp3) is 0.552. The molecule has 0 bridgehead atoms. The van der Waals surface area contributed by atoms with Gasteiger partial charge in [-0.15, -0.1) is 5.10 Å². The van der Waals surface area contributed by atoms with Crippen molar-refractivity contribution in [2.45, 2.75) is 72.0 Å². The normalized spacial score (nSPS) is 20.8. The molecule has 0 aliphatic carbocycles. The lowest BCUT2D eigenvalue weighted by Crippen LogP contribution is -2.62. The average molecular weight is 533 g/mol. The monoisotopic (exact) mass is 532 g/mol. The highest BCUT2D eigenvalue weighted by atomic mass is 16.4. The number of amides is 1. The minimum Gasteiger partial charge on any atom is -0.402 e. The lowest BCUT2D eigenvalue weighted by molar-refractivity contribution is 0.0434. The highest BCUT2D eigenvalue weighted by Gasteiger charge is 2.37. The number of anilines is 2. The van der Waals surface area contributed by atoms with Gasteiger partial charge in [0.1, 0.15) is 11.5 Å². The van der Waals surface area contributed by atoms with Crippen molar-refractivity contribution in [2.75, 3.05) is 42.9 Å². The van der Waals surface area contributed by atoms with Crippen molar-refractivity contribution in [2.24, 2.45) is 0 Å². The second kappa shape index (κ2) is 11.7. The van der Waals surface area contributed by atoms with E-state index in [0.29, 0.717) is 42.3 Å². The molecular formula is C29H40N8O2. The number of likely N-dealkylation sites (tertiary alicyclic amines) is 1. The molecule has 0 unspecified atom stereocenters. The van der Waals surface area contributed by atoms with E-state index < -0.39 is 0 Å². The van der Waals surface area contributed by atoms with Crippen molar-refractivity contribution in [1.29, 1.82) is 0 Å². The number of carbonyl (C=O) groups excluding carboxylic acids is 1. The van der Waals surface area contributed by atoms with Gasteiger partial charge < -0.3 is 19.5 Å². The Morgan fingerprint density at radius 2 is 1.82 bits per heavy atom. The van der Waals surface area contributed by atoms with Crippen LogP contribution in [0.3, 0.4) is 0 Å². The molecule has 0 saturated carbocycles. The summed E-state index contributed by atoms with van der Waals surface area (Å²) in [5.41, 5.74) is 3.39. The predicted octanol–water partition coefficient (Wildman–Crippen LogP) is 4.17. The largest absolute Gasteiger partial charge is 0.402 e. The first-order chi connectivity index (χ1) is 18.9. The molecule has 10 nitrogen and oxygen atoms in total. The summed E-state index contributed by atoms with van der Waals surface area (Å²) in [6.45, 7) is 14.7. The first-order valence-electron chi connectivity index (χ1n) is 14.2. The van der Waals surface area contributed by atoms with Crippen LogP contribution >= 0.6 is 0 Å². The molecule has 1 aromatic carbocycles. The quantitative estimate of drug-likeness (QED) is 0.480. The van der Waals surface area contributed by atoms with Crippen LogP contribution in [0.15, 0.2) is 34.9 Å². The molecule has 3 aromatic rings. The topological polar surface area (TPSA) is 104 Å². The Kier molecular flexibility index (Phi) is 8.11. The highest BCUT2D eigenvalue weighted by Crippen LogP contribution is 2.30. The minimum atomic E-state index is 0.148. The Hall–Kier alpha value is -3.53. The number of nitrogens with zero attached hydrogens (tertiary/aromatic N) is 7. The fourth-order valence-electron chi connectivity index (χ4n) is 5.86. The zero-order chi connectivity index (χ0) is 27.5. The number of aryl methyl sites for hydroxylation is 2. The molecule has 0 spiro atoms. The van der Waals surface area contributed by atoms with Gasteiger partial charge in [-0.3, -0.25) is 9.69 Å². The number of hydrogen-bond acceptors (Lipinski definition) is 9. The van der Waals surface area contributed by atoms with Crippen molar-refractivity contribution in [1.82, 2.24) is 30.0 Å². The van der Waals surface area contributed by atoms with E-state index >= 15 is 0 Å². The van der Waals surface area contributed by atoms with Crippen LogP contribution in [0.5, 0.6) is 0 Å². The van der Waals surface area contributed by atoms with Crippen molar-refractivity contribution >= 4 is 17.7 Å². The highest BCUT2D eigenvalue weighted by molar-refractivity contribution is 5.94. The Bertz CT molecular complexity index is 1270. The molecule has 2 aromatic heterocycles. The number of carbonyl (C=O) groups is 1. The van der Waals surface area contributed by atoms with Gasteiger partial charge in [0.25, 0.3) is 11.8 Å². The lowest BCUT2D eigenvalue weighted by atomic mass is 9.95. The number of rotatable bonds is 7. The summed E-state index contributed by atoms with van der Waals surface area (Å²) in [6, 6.07) is 9.50. The third-order valence-corrected chi connectivity index (χ3v) is 8.04. The van der Waals surface area contributed by atoms with E-state index in [0.717, 1.165) is 62.5 Å². The fourth-order valence-corrected chi connectivity index (χ4v) is 5.86. The molecule has 2 fully saturated rings. The summed E-state index contributed by atoms with van der Waals surface area (Å²) in [6.07, 6.45) is 4.80. The van der Waals surface area contributed by atoms with Crippen molar-refractivity contribution < 1.29 is 9.21 Å². The van der Waals surface area contributed by atoms with Gasteiger partial charge in [0.2, 0.25) is 0 Å². The van der Waals surface area contributed by atoms with E-state index in [2.05, 4.69) is 39.2 Å². The Morgan fingerprint density at radius 1 is 1.08 bits per heavy atom. The third kappa shape index (κ3) is 5.75. The summed E-state index contributed by atoms with van der Waals surface area (Å²) in [4.78, 5) is 29.7. The average Bonchev–Trinajstić information content (AvgIpc) is 3.42. The maximum atomic E-state index is 13.0. The van der Waals surface area contributed by atoms with E-state index in [4.69, 9.17) is 14.4 Å². The van der Waals surface area contributed by atoms with Crippen LogP contribution in [-0.2, 0) is 0 Å². The lowest BCUT2D eigenvalue weighted by Gasteiger charge is -2.50. The molecule has 1 N–H and O–H groups in total. The summed E-state index contributed by atoms with van der Waals surface area (Å²) in [5, 5.41) is 11.1. The Balaban J connectivity index is 1.23. The first kappa shape index (κ1) is 27.1. The van der Waals surface area contributed by atoms with Gasteiger partial charge in [-0.05, 0) is 59.1 Å². The molecule has 5 rings (SSSR count). The SMILES string of the molecule is CCNc1nnc(-c2cnc(N3C[C@H](CC)N(C4CCN(C(=O)c5ccc(C)cc5)CC4)C[C@H]3C)c(C)n2)o1. The molecule has 1 amide bonds. The number of aromatic nitrogens is 4. The zero-order valence-electron chi connectivity index (χ0n) is 23.7. The molecule has 2 atom stereocenters. The van der Waals surface area contributed by atoms with Gasteiger partial charge in [0.05, 0.1) is 11.9 Å². The van der Waals surface area contributed by atoms with Crippen molar-refractivity contribution in [3.63, 3.8) is 0 Å².